The van der Waals surface area contributed by atoms with Crippen molar-refractivity contribution in [1.29, 1.82) is 0 Å². The first-order valence-corrected chi connectivity index (χ1v) is 7.55. The Bertz CT molecular complexity index is 307. The van der Waals surface area contributed by atoms with Crippen LogP contribution >= 0.6 is 11.8 Å². The van der Waals surface area contributed by atoms with Crippen molar-refractivity contribution < 1.29 is 0 Å². The summed E-state index contributed by atoms with van der Waals surface area (Å²) in [7, 11) is 0. The van der Waals surface area contributed by atoms with Gasteiger partial charge in [0.1, 0.15) is 0 Å². The van der Waals surface area contributed by atoms with Crippen LogP contribution in [-0.2, 0) is 0 Å². The molecule has 1 rings (SSSR count). The lowest BCUT2D eigenvalue weighted by molar-refractivity contribution is 0.598. The summed E-state index contributed by atoms with van der Waals surface area (Å²) < 4.78 is 0. The molecule has 2 heteroatoms. The molecule has 0 spiro atoms. The Labute approximate surface area is 110 Å². The minimum absolute atomic E-state index is 0.451. The van der Waals surface area contributed by atoms with Gasteiger partial charge in [-0.25, -0.2) is 0 Å². The van der Waals surface area contributed by atoms with Crippen LogP contribution in [0.1, 0.15) is 52.1 Å². The SMILES string of the molecule is CCCC(C)Sc1ccc(C(C)NCC)cc1. The largest absolute Gasteiger partial charge is 0.310 e. The van der Waals surface area contributed by atoms with Crippen molar-refractivity contribution in [2.75, 3.05) is 6.54 Å². The molecule has 17 heavy (non-hydrogen) atoms. The maximum absolute atomic E-state index is 3.44. The molecule has 0 aliphatic carbocycles. The predicted molar refractivity (Wildman–Crippen MR) is 78.8 cm³/mol. The first-order chi connectivity index (χ1) is 8.17. The Morgan fingerprint density at radius 3 is 2.29 bits per heavy atom. The van der Waals surface area contributed by atoms with Crippen LogP contribution in [0.2, 0.25) is 0 Å². The molecule has 0 fully saturated rings. The number of benzene rings is 1. The smallest absolute Gasteiger partial charge is 0.0291 e. The van der Waals surface area contributed by atoms with E-state index in [2.05, 4.69) is 57.3 Å². The molecule has 2 atom stereocenters. The van der Waals surface area contributed by atoms with Gasteiger partial charge in [-0.1, -0.05) is 39.3 Å². The minimum atomic E-state index is 0.451. The van der Waals surface area contributed by atoms with Gasteiger partial charge in [-0.05, 0) is 37.6 Å². The van der Waals surface area contributed by atoms with Gasteiger partial charge < -0.3 is 5.32 Å². The summed E-state index contributed by atoms with van der Waals surface area (Å²) >= 11 is 1.98. The second-order valence-electron chi connectivity index (χ2n) is 4.57. The second kappa shape index (κ2) is 7.78. The molecule has 1 N–H and O–H groups in total. The lowest BCUT2D eigenvalue weighted by Gasteiger charge is -2.14. The topological polar surface area (TPSA) is 12.0 Å². The van der Waals surface area contributed by atoms with Crippen LogP contribution in [0, 0.1) is 0 Å². The van der Waals surface area contributed by atoms with E-state index in [1.807, 2.05) is 11.8 Å². The summed E-state index contributed by atoms with van der Waals surface area (Å²) in [5.74, 6) is 0. The zero-order valence-corrected chi connectivity index (χ0v) is 12.3. The van der Waals surface area contributed by atoms with Gasteiger partial charge in [0, 0.05) is 16.2 Å². The summed E-state index contributed by atoms with van der Waals surface area (Å²) in [6, 6.07) is 9.44. The van der Waals surface area contributed by atoms with Gasteiger partial charge in [0.15, 0.2) is 0 Å². The molecule has 1 nitrogen and oxygen atoms in total. The van der Waals surface area contributed by atoms with Crippen LogP contribution in [0.25, 0.3) is 0 Å². The molecule has 1 aromatic rings. The van der Waals surface area contributed by atoms with E-state index in [4.69, 9.17) is 0 Å². The third kappa shape index (κ3) is 5.13. The second-order valence-corrected chi connectivity index (χ2v) is 6.08. The highest BCUT2D eigenvalue weighted by Crippen LogP contribution is 2.27. The lowest BCUT2D eigenvalue weighted by Crippen LogP contribution is -2.17. The van der Waals surface area contributed by atoms with Gasteiger partial charge in [0.05, 0.1) is 0 Å². The zero-order chi connectivity index (χ0) is 12.7. The van der Waals surface area contributed by atoms with Crippen molar-refractivity contribution in [2.24, 2.45) is 0 Å². The van der Waals surface area contributed by atoms with E-state index in [-0.39, 0.29) is 0 Å². The van der Waals surface area contributed by atoms with Gasteiger partial charge in [-0.2, -0.15) is 0 Å². The van der Waals surface area contributed by atoms with Gasteiger partial charge in [0.25, 0.3) is 0 Å². The summed E-state index contributed by atoms with van der Waals surface area (Å²) in [5, 5.41) is 4.15. The van der Waals surface area contributed by atoms with E-state index in [0.717, 1.165) is 11.8 Å². The van der Waals surface area contributed by atoms with Gasteiger partial charge in [0.2, 0.25) is 0 Å². The molecule has 1 aromatic carbocycles. The summed E-state index contributed by atoms with van der Waals surface area (Å²) in [5.41, 5.74) is 1.37. The Kier molecular flexibility index (Phi) is 6.68. The number of nitrogens with one attached hydrogen (secondary N) is 1. The highest BCUT2D eigenvalue weighted by atomic mass is 32.2. The molecule has 0 aromatic heterocycles. The molecule has 0 aliphatic heterocycles. The lowest BCUT2D eigenvalue weighted by atomic mass is 10.1. The van der Waals surface area contributed by atoms with Crippen molar-refractivity contribution in [3.8, 4) is 0 Å². The molecular weight excluding hydrogens is 226 g/mol. The standard InChI is InChI=1S/C15H25NS/c1-5-7-12(3)17-15-10-8-14(9-11-15)13(4)16-6-2/h8-13,16H,5-7H2,1-4H3. The molecular formula is C15H25NS. The Balaban J connectivity index is 2.55. The van der Waals surface area contributed by atoms with Crippen LogP contribution in [0.3, 0.4) is 0 Å². The van der Waals surface area contributed by atoms with Gasteiger partial charge in [-0.3, -0.25) is 0 Å². The van der Waals surface area contributed by atoms with Crippen molar-refractivity contribution in [1.82, 2.24) is 5.32 Å². The number of thioether (sulfide) groups is 1. The summed E-state index contributed by atoms with van der Waals surface area (Å²) in [6.45, 7) is 9.94. The fourth-order valence-electron chi connectivity index (χ4n) is 1.96. The third-order valence-electron chi connectivity index (χ3n) is 2.92. The van der Waals surface area contributed by atoms with Crippen molar-refractivity contribution in [2.45, 2.75) is 56.7 Å². The maximum atomic E-state index is 3.44. The van der Waals surface area contributed by atoms with Crippen LogP contribution in [0.5, 0.6) is 0 Å². The van der Waals surface area contributed by atoms with Gasteiger partial charge >= 0.3 is 0 Å². The van der Waals surface area contributed by atoms with E-state index in [1.165, 1.54) is 23.3 Å². The van der Waals surface area contributed by atoms with Crippen LogP contribution in [0.4, 0.5) is 0 Å². The Hall–Kier alpha value is -0.470. The fourth-order valence-corrected chi connectivity index (χ4v) is 3.07. The van der Waals surface area contributed by atoms with E-state index < -0.39 is 0 Å². The third-order valence-corrected chi connectivity index (χ3v) is 4.11. The Morgan fingerprint density at radius 1 is 1.12 bits per heavy atom. The summed E-state index contributed by atoms with van der Waals surface area (Å²) in [6.07, 6.45) is 2.56. The maximum Gasteiger partial charge on any atom is 0.0291 e. The number of hydrogen-bond acceptors (Lipinski definition) is 2. The molecule has 0 bridgehead atoms. The van der Waals surface area contributed by atoms with Crippen molar-refractivity contribution in [3.63, 3.8) is 0 Å². The average Bonchev–Trinajstić information content (AvgIpc) is 2.30. The van der Waals surface area contributed by atoms with E-state index in [9.17, 15) is 0 Å². The van der Waals surface area contributed by atoms with E-state index >= 15 is 0 Å². The predicted octanol–water partition coefficient (Wildman–Crippen LogP) is 4.64. The van der Waals surface area contributed by atoms with E-state index in [0.29, 0.717) is 6.04 Å². The fraction of sp³-hybridized carbons (Fsp3) is 0.600. The quantitative estimate of drug-likeness (QED) is 0.709. The molecule has 96 valence electrons. The highest BCUT2D eigenvalue weighted by molar-refractivity contribution is 7.99. The average molecular weight is 251 g/mol. The molecule has 0 heterocycles. The number of hydrogen-bond donors (Lipinski definition) is 1. The van der Waals surface area contributed by atoms with Crippen molar-refractivity contribution in [3.05, 3.63) is 29.8 Å². The summed E-state index contributed by atoms with van der Waals surface area (Å²) in [4.78, 5) is 1.39. The minimum Gasteiger partial charge on any atom is -0.310 e. The molecule has 0 saturated carbocycles. The molecule has 0 amide bonds. The Morgan fingerprint density at radius 2 is 1.76 bits per heavy atom. The molecule has 2 unspecified atom stereocenters. The molecule has 0 saturated heterocycles. The zero-order valence-electron chi connectivity index (χ0n) is 11.5. The van der Waals surface area contributed by atoms with Gasteiger partial charge in [-0.15, -0.1) is 11.8 Å². The first kappa shape index (κ1) is 14.6. The number of rotatable bonds is 7. The van der Waals surface area contributed by atoms with Crippen LogP contribution in [0.15, 0.2) is 29.2 Å². The van der Waals surface area contributed by atoms with Crippen molar-refractivity contribution >= 4 is 11.8 Å². The monoisotopic (exact) mass is 251 g/mol. The van der Waals surface area contributed by atoms with E-state index in [1.54, 1.807) is 0 Å². The molecule has 0 aliphatic rings. The van der Waals surface area contributed by atoms with Crippen LogP contribution in [-0.4, -0.2) is 11.8 Å². The van der Waals surface area contributed by atoms with Crippen LogP contribution < -0.4 is 5.32 Å². The highest BCUT2D eigenvalue weighted by Gasteiger charge is 2.05. The normalized spacial score (nSPS) is 14.6. The first-order valence-electron chi connectivity index (χ1n) is 6.67. The molecule has 0 radical (unpaired) electrons.